The zero-order chi connectivity index (χ0) is 14.8. The minimum Gasteiger partial charge on any atom is -0.329 e. The summed E-state index contributed by atoms with van der Waals surface area (Å²) in [4.78, 5) is 4.43. The van der Waals surface area contributed by atoms with E-state index in [2.05, 4.69) is 4.98 Å². The van der Waals surface area contributed by atoms with Crippen molar-refractivity contribution in [3.05, 3.63) is 65.5 Å². The predicted octanol–water partition coefficient (Wildman–Crippen LogP) is 2.86. The first-order chi connectivity index (χ1) is 10.2. The first-order valence-electron chi connectivity index (χ1n) is 6.77. The summed E-state index contributed by atoms with van der Waals surface area (Å²) >= 11 is 0. The maximum atomic E-state index is 13.5. The van der Waals surface area contributed by atoms with Crippen LogP contribution in [0.2, 0.25) is 0 Å². The highest BCUT2D eigenvalue weighted by atomic mass is 19.2. The maximum absolute atomic E-state index is 13.5. The van der Waals surface area contributed by atoms with Crippen molar-refractivity contribution in [3.63, 3.8) is 0 Å². The number of fused-ring (bicyclic) bond motifs is 1. The summed E-state index contributed by atoms with van der Waals surface area (Å²) in [5.74, 6) is -0.996. The van der Waals surface area contributed by atoms with E-state index in [0.29, 0.717) is 30.5 Å². The van der Waals surface area contributed by atoms with Gasteiger partial charge in [-0.25, -0.2) is 13.8 Å². The molecule has 0 aliphatic heterocycles. The number of hydrogen-bond acceptors (Lipinski definition) is 2. The van der Waals surface area contributed by atoms with Crippen LogP contribution in [0.3, 0.4) is 0 Å². The molecule has 21 heavy (non-hydrogen) atoms. The van der Waals surface area contributed by atoms with Crippen molar-refractivity contribution < 1.29 is 8.78 Å². The Bertz CT molecular complexity index is 766. The van der Waals surface area contributed by atoms with Crippen molar-refractivity contribution in [1.29, 1.82) is 0 Å². The molecule has 108 valence electrons. The maximum Gasteiger partial charge on any atom is 0.161 e. The van der Waals surface area contributed by atoms with E-state index in [1.165, 1.54) is 6.07 Å². The first-order valence-corrected chi connectivity index (χ1v) is 6.77. The van der Waals surface area contributed by atoms with Gasteiger partial charge in [-0.1, -0.05) is 30.3 Å². The van der Waals surface area contributed by atoms with Crippen LogP contribution >= 0.6 is 0 Å². The summed E-state index contributed by atoms with van der Waals surface area (Å²) in [6, 6.07) is 12.1. The van der Waals surface area contributed by atoms with Gasteiger partial charge in [0.2, 0.25) is 0 Å². The molecule has 0 amide bonds. The van der Waals surface area contributed by atoms with Gasteiger partial charge in [-0.15, -0.1) is 0 Å². The average molecular weight is 287 g/mol. The average Bonchev–Trinajstić information content (AvgIpc) is 2.79. The zero-order valence-corrected chi connectivity index (χ0v) is 11.4. The van der Waals surface area contributed by atoms with Crippen LogP contribution in [0.15, 0.2) is 42.5 Å². The second kappa shape index (κ2) is 5.61. The van der Waals surface area contributed by atoms with Crippen molar-refractivity contribution in [2.45, 2.75) is 13.0 Å². The van der Waals surface area contributed by atoms with Crippen LogP contribution in [-0.4, -0.2) is 16.1 Å². The summed E-state index contributed by atoms with van der Waals surface area (Å²) in [5.41, 5.74) is 7.74. The van der Waals surface area contributed by atoms with Crippen LogP contribution in [0.5, 0.6) is 0 Å². The van der Waals surface area contributed by atoms with E-state index >= 15 is 0 Å². The highest BCUT2D eigenvalue weighted by molar-refractivity contribution is 5.76. The van der Waals surface area contributed by atoms with E-state index < -0.39 is 11.6 Å². The largest absolute Gasteiger partial charge is 0.329 e. The molecule has 0 radical (unpaired) electrons. The van der Waals surface area contributed by atoms with Crippen molar-refractivity contribution in [3.8, 4) is 0 Å². The molecule has 2 N–H and O–H groups in total. The van der Waals surface area contributed by atoms with Gasteiger partial charge in [0.05, 0.1) is 11.0 Å². The summed E-state index contributed by atoms with van der Waals surface area (Å²) < 4.78 is 28.7. The number of nitrogens with zero attached hydrogens (tertiary/aromatic N) is 2. The summed E-state index contributed by atoms with van der Waals surface area (Å²) in [6.07, 6.45) is 0.596. The normalized spacial score (nSPS) is 11.2. The molecule has 0 aliphatic carbocycles. The second-order valence-electron chi connectivity index (χ2n) is 4.89. The van der Waals surface area contributed by atoms with Gasteiger partial charge < -0.3 is 10.3 Å². The Hall–Kier alpha value is -2.27. The third kappa shape index (κ3) is 2.64. The summed E-state index contributed by atoms with van der Waals surface area (Å²) in [5, 5.41) is 0. The number of nitrogens with two attached hydrogens (primary N) is 1. The Kier molecular flexibility index (Phi) is 3.66. The van der Waals surface area contributed by atoms with Crippen molar-refractivity contribution in [1.82, 2.24) is 9.55 Å². The fourth-order valence-corrected chi connectivity index (χ4v) is 2.46. The number of rotatable bonds is 4. The SMILES string of the molecule is NCCn1c(Cc2ccccc2)nc2cc(F)c(F)cc21. The molecule has 0 fully saturated rings. The summed E-state index contributed by atoms with van der Waals surface area (Å²) in [6.45, 7) is 0.927. The molecule has 0 saturated carbocycles. The molecule has 0 spiro atoms. The van der Waals surface area contributed by atoms with E-state index in [0.717, 1.165) is 17.5 Å². The van der Waals surface area contributed by atoms with Crippen LogP contribution in [0.1, 0.15) is 11.4 Å². The fourth-order valence-electron chi connectivity index (χ4n) is 2.46. The molecular weight excluding hydrogens is 272 g/mol. The fraction of sp³-hybridized carbons (Fsp3) is 0.188. The van der Waals surface area contributed by atoms with Crippen molar-refractivity contribution in [2.24, 2.45) is 5.73 Å². The number of imidazole rings is 1. The number of halogens is 2. The highest BCUT2D eigenvalue weighted by Crippen LogP contribution is 2.21. The van der Waals surface area contributed by atoms with Crippen LogP contribution in [-0.2, 0) is 13.0 Å². The number of hydrogen-bond donors (Lipinski definition) is 1. The van der Waals surface area contributed by atoms with Gasteiger partial charge in [-0.3, -0.25) is 0 Å². The molecule has 0 atom stereocenters. The van der Waals surface area contributed by atoms with Crippen molar-refractivity contribution in [2.75, 3.05) is 6.54 Å². The first kappa shape index (κ1) is 13.7. The smallest absolute Gasteiger partial charge is 0.161 e. The minimum absolute atomic E-state index is 0.409. The molecule has 3 nitrogen and oxygen atoms in total. The van der Waals surface area contributed by atoms with Gasteiger partial charge in [0.15, 0.2) is 11.6 Å². The monoisotopic (exact) mass is 287 g/mol. The van der Waals surface area contributed by atoms with E-state index in [9.17, 15) is 8.78 Å². The second-order valence-corrected chi connectivity index (χ2v) is 4.89. The van der Waals surface area contributed by atoms with Gasteiger partial charge in [-0.05, 0) is 5.56 Å². The lowest BCUT2D eigenvalue weighted by molar-refractivity contribution is 0.510. The predicted molar refractivity (Wildman–Crippen MR) is 78.0 cm³/mol. The molecule has 0 unspecified atom stereocenters. The van der Waals surface area contributed by atoms with E-state index in [-0.39, 0.29) is 0 Å². The lowest BCUT2D eigenvalue weighted by Gasteiger charge is -2.08. The molecule has 5 heteroatoms. The standard InChI is InChI=1S/C16H15F2N3/c17-12-9-14-15(10-13(12)18)21(7-6-19)16(20-14)8-11-4-2-1-3-5-11/h1-5,9-10H,6-8,19H2. The zero-order valence-electron chi connectivity index (χ0n) is 11.4. The molecule has 1 aromatic heterocycles. The van der Waals surface area contributed by atoms with Gasteiger partial charge in [0.1, 0.15) is 5.82 Å². The third-order valence-electron chi connectivity index (χ3n) is 3.43. The van der Waals surface area contributed by atoms with Crippen LogP contribution in [0, 0.1) is 11.6 Å². The van der Waals surface area contributed by atoms with Crippen LogP contribution in [0.4, 0.5) is 8.78 Å². The van der Waals surface area contributed by atoms with Crippen LogP contribution < -0.4 is 5.73 Å². The van der Waals surface area contributed by atoms with Gasteiger partial charge in [0, 0.05) is 31.6 Å². The Balaban J connectivity index is 2.10. The topological polar surface area (TPSA) is 43.8 Å². The van der Waals surface area contributed by atoms with Crippen molar-refractivity contribution >= 4 is 11.0 Å². The molecule has 0 bridgehead atoms. The Labute approximate surface area is 121 Å². The van der Waals surface area contributed by atoms with E-state index in [1.54, 1.807) is 0 Å². The lowest BCUT2D eigenvalue weighted by Crippen LogP contribution is -2.13. The van der Waals surface area contributed by atoms with Gasteiger partial charge in [0.25, 0.3) is 0 Å². The number of benzene rings is 2. The molecule has 0 saturated heterocycles. The van der Waals surface area contributed by atoms with Crippen LogP contribution in [0.25, 0.3) is 11.0 Å². The molecule has 3 aromatic rings. The van der Waals surface area contributed by atoms with Gasteiger partial charge in [-0.2, -0.15) is 0 Å². The summed E-state index contributed by atoms with van der Waals surface area (Å²) in [7, 11) is 0. The highest BCUT2D eigenvalue weighted by Gasteiger charge is 2.14. The quantitative estimate of drug-likeness (QED) is 0.802. The Morgan fingerprint density at radius 2 is 1.76 bits per heavy atom. The Morgan fingerprint density at radius 3 is 2.48 bits per heavy atom. The Morgan fingerprint density at radius 1 is 1.05 bits per heavy atom. The molecule has 3 rings (SSSR count). The van der Waals surface area contributed by atoms with E-state index in [4.69, 9.17) is 5.73 Å². The third-order valence-corrected chi connectivity index (χ3v) is 3.43. The minimum atomic E-state index is -0.883. The molecule has 2 aromatic carbocycles. The van der Waals surface area contributed by atoms with E-state index in [1.807, 2.05) is 34.9 Å². The lowest BCUT2D eigenvalue weighted by atomic mass is 10.1. The molecular formula is C16H15F2N3. The van der Waals surface area contributed by atoms with Gasteiger partial charge >= 0.3 is 0 Å². The molecule has 1 heterocycles. The molecule has 0 aliphatic rings. The number of aromatic nitrogens is 2.